The molecule has 3 aliphatic rings. The maximum absolute atomic E-state index is 12.4. The maximum Gasteiger partial charge on any atom is 0.316 e. The average Bonchev–Trinajstić information content (AvgIpc) is 3.31. The molecule has 1 amide bonds. The lowest BCUT2D eigenvalue weighted by Gasteiger charge is -2.39. The maximum atomic E-state index is 12.4. The van der Waals surface area contributed by atoms with Gasteiger partial charge in [-0.05, 0) is 37.7 Å². The molecule has 4 rings (SSSR count). The fraction of sp³-hybridized carbons (Fsp3) is 0.706. The van der Waals surface area contributed by atoms with E-state index < -0.39 is 0 Å². The number of carbonyl (C=O) groups is 1. The molecule has 0 aromatic carbocycles. The van der Waals surface area contributed by atoms with Gasteiger partial charge in [-0.3, -0.25) is 4.79 Å². The van der Waals surface area contributed by atoms with Gasteiger partial charge in [0.05, 0.1) is 12.2 Å². The zero-order valence-electron chi connectivity index (χ0n) is 13.3. The van der Waals surface area contributed by atoms with Crippen LogP contribution < -0.4 is 4.74 Å². The van der Waals surface area contributed by atoms with Crippen LogP contribution in [0.1, 0.15) is 38.5 Å². The molecule has 2 saturated heterocycles. The van der Waals surface area contributed by atoms with E-state index in [0.29, 0.717) is 37.4 Å². The summed E-state index contributed by atoms with van der Waals surface area (Å²) < 4.78 is 11.9. The lowest BCUT2D eigenvalue weighted by atomic mass is 9.89. The number of carbonyl (C=O) groups excluding carboxylic acids is 1. The Kier molecular flexibility index (Phi) is 3.93. The Labute approximate surface area is 136 Å². The van der Waals surface area contributed by atoms with E-state index >= 15 is 0 Å². The molecular weight excluding hydrogens is 294 g/mol. The summed E-state index contributed by atoms with van der Waals surface area (Å²) >= 11 is 0. The summed E-state index contributed by atoms with van der Waals surface area (Å²) in [6, 6.07) is 2.17. The van der Waals surface area contributed by atoms with Gasteiger partial charge in [-0.15, -0.1) is 0 Å². The summed E-state index contributed by atoms with van der Waals surface area (Å²) in [6.07, 6.45) is 9.27. The van der Waals surface area contributed by atoms with Crippen molar-refractivity contribution in [2.45, 2.75) is 50.2 Å². The zero-order valence-corrected chi connectivity index (χ0v) is 13.3. The van der Waals surface area contributed by atoms with E-state index in [1.165, 1.54) is 12.8 Å². The highest BCUT2D eigenvalue weighted by Crippen LogP contribution is 2.37. The van der Waals surface area contributed by atoms with Crippen LogP contribution >= 0.6 is 0 Å². The van der Waals surface area contributed by atoms with Crippen molar-refractivity contribution in [1.82, 2.24) is 14.9 Å². The summed E-state index contributed by atoms with van der Waals surface area (Å²) in [5.74, 6) is 0.933. The van der Waals surface area contributed by atoms with E-state index in [2.05, 4.69) is 9.97 Å². The van der Waals surface area contributed by atoms with E-state index in [-0.39, 0.29) is 11.7 Å². The number of likely N-dealkylation sites (tertiary alicyclic amines) is 1. The lowest BCUT2D eigenvalue weighted by Crippen LogP contribution is -2.50. The SMILES string of the molecule is O=C(CC1CC1)N1CCC[C@@]2(C[C@H](Oc3ncccn3)CO2)C1. The van der Waals surface area contributed by atoms with Crippen molar-refractivity contribution in [3.63, 3.8) is 0 Å². The first-order valence-corrected chi connectivity index (χ1v) is 8.58. The summed E-state index contributed by atoms with van der Waals surface area (Å²) in [5, 5.41) is 0. The zero-order chi connectivity index (χ0) is 15.7. The van der Waals surface area contributed by atoms with Crippen LogP contribution in [0.2, 0.25) is 0 Å². The Morgan fingerprint density at radius 3 is 3.00 bits per heavy atom. The van der Waals surface area contributed by atoms with Crippen molar-refractivity contribution < 1.29 is 14.3 Å². The predicted octanol–water partition coefficient (Wildman–Crippen LogP) is 1.81. The van der Waals surface area contributed by atoms with Crippen molar-refractivity contribution >= 4 is 5.91 Å². The summed E-state index contributed by atoms with van der Waals surface area (Å²) in [4.78, 5) is 22.6. The molecule has 0 N–H and O–H groups in total. The number of hydrogen-bond donors (Lipinski definition) is 0. The molecule has 0 unspecified atom stereocenters. The Morgan fingerprint density at radius 1 is 1.39 bits per heavy atom. The van der Waals surface area contributed by atoms with Gasteiger partial charge in [0.1, 0.15) is 6.10 Å². The van der Waals surface area contributed by atoms with Gasteiger partial charge in [-0.1, -0.05) is 0 Å². The fourth-order valence-corrected chi connectivity index (χ4v) is 3.67. The van der Waals surface area contributed by atoms with Gasteiger partial charge in [-0.25, -0.2) is 9.97 Å². The second kappa shape index (κ2) is 6.07. The second-order valence-electron chi connectivity index (χ2n) is 7.04. The lowest BCUT2D eigenvalue weighted by molar-refractivity contribution is -0.139. The molecule has 1 spiro atoms. The van der Waals surface area contributed by atoms with E-state index in [4.69, 9.17) is 9.47 Å². The molecule has 1 aliphatic carbocycles. The fourth-order valence-electron chi connectivity index (χ4n) is 3.67. The van der Waals surface area contributed by atoms with Crippen LogP contribution in [0.4, 0.5) is 0 Å². The topological polar surface area (TPSA) is 64.6 Å². The summed E-state index contributed by atoms with van der Waals surface area (Å²) in [5.41, 5.74) is -0.239. The van der Waals surface area contributed by atoms with Crippen LogP contribution in [0.25, 0.3) is 0 Å². The molecule has 6 heteroatoms. The Hall–Kier alpha value is -1.69. The third-order valence-corrected chi connectivity index (χ3v) is 5.04. The van der Waals surface area contributed by atoms with E-state index in [1.807, 2.05) is 4.90 Å². The predicted molar refractivity (Wildman–Crippen MR) is 82.9 cm³/mol. The molecule has 0 bridgehead atoms. The monoisotopic (exact) mass is 317 g/mol. The van der Waals surface area contributed by atoms with Crippen LogP contribution in [0, 0.1) is 5.92 Å². The number of hydrogen-bond acceptors (Lipinski definition) is 5. The summed E-state index contributed by atoms with van der Waals surface area (Å²) in [6.45, 7) is 2.11. The third kappa shape index (κ3) is 3.47. The first-order chi connectivity index (χ1) is 11.2. The quantitative estimate of drug-likeness (QED) is 0.847. The molecule has 2 aliphatic heterocycles. The van der Waals surface area contributed by atoms with E-state index in [0.717, 1.165) is 25.8 Å². The molecule has 3 heterocycles. The van der Waals surface area contributed by atoms with Crippen LogP contribution in [0.5, 0.6) is 6.01 Å². The third-order valence-electron chi connectivity index (χ3n) is 5.04. The van der Waals surface area contributed by atoms with E-state index in [1.54, 1.807) is 18.5 Å². The number of amides is 1. The van der Waals surface area contributed by atoms with Gasteiger partial charge in [0.25, 0.3) is 0 Å². The highest BCUT2D eigenvalue weighted by Gasteiger charge is 2.45. The van der Waals surface area contributed by atoms with Gasteiger partial charge in [0, 0.05) is 38.3 Å². The molecule has 6 nitrogen and oxygen atoms in total. The molecule has 0 radical (unpaired) electrons. The standard InChI is InChI=1S/C17H23N3O3/c21-15(9-13-3-4-13)20-8-1-5-17(12-20)10-14(11-22-17)23-16-18-6-2-7-19-16/h2,6-7,13-14H,1,3-5,8-12H2/t14-,17+/m0/s1. The van der Waals surface area contributed by atoms with Crippen LogP contribution in [-0.4, -0.2) is 52.2 Å². The average molecular weight is 317 g/mol. The number of nitrogens with zero attached hydrogens (tertiary/aromatic N) is 3. The van der Waals surface area contributed by atoms with Crippen molar-refractivity contribution in [2.75, 3.05) is 19.7 Å². The molecule has 1 aromatic heterocycles. The minimum Gasteiger partial charge on any atom is -0.458 e. The Morgan fingerprint density at radius 2 is 2.22 bits per heavy atom. The molecule has 1 aromatic rings. The molecule has 124 valence electrons. The van der Waals surface area contributed by atoms with Crippen molar-refractivity contribution in [3.05, 3.63) is 18.5 Å². The molecule has 23 heavy (non-hydrogen) atoms. The van der Waals surface area contributed by atoms with Gasteiger partial charge < -0.3 is 14.4 Å². The number of ether oxygens (including phenoxy) is 2. The molecule has 1 saturated carbocycles. The first-order valence-electron chi connectivity index (χ1n) is 8.58. The Bertz CT molecular complexity index is 563. The van der Waals surface area contributed by atoms with Crippen LogP contribution in [0.15, 0.2) is 18.5 Å². The van der Waals surface area contributed by atoms with E-state index in [9.17, 15) is 4.79 Å². The van der Waals surface area contributed by atoms with Crippen molar-refractivity contribution in [3.8, 4) is 6.01 Å². The minimum absolute atomic E-state index is 0.0316. The Balaban J connectivity index is 1.35. The molecule has 3 fully saturated rings. The number of piperidine rings is 1. The number of rotatable bonds is 4. The van der Waals surface area contributed by atoms with Crippen molar-refractivity contribution in [1.29, 1.82) is 0 Å². The molecular formula is C17H23N3O3. The van der Waals surface area contributed by atoms with Crippen molar-refractivity contribution in [2.24, 2.45) is 5.92 Å². The van der Waals surface area contributed by atoms with Gasteiger partial charge in [0.2, 0.25) is 5.91 Å². The minimum atomic E-state index is -0.239. The molecule has 2 atom stereocenters. The van der Waals surface area contributed by atoms with Crippen LogP contribution in [0.3, 0.4) is 0 Å². The van der Waals surface area contributed by atoms with Gasteiger partial charge in [0.15, 0.2) is 0 Å². The summed E-state index contributed by atoms with van der Waals surface area (Å²) in [7, 11) is 0. The highest BCUT2D eigenvalue weighted by molar-refractivity contribution is 5.77. The van der Waals surface area contributed by atoms with Crippen LogP contribution in [-0.2, 0) is 9.53 Å². The largest absolute Gasteiger partial charge is 0.458 e. The smallest absolute Gasteiger partial charge is 0.316 e. The van der Waals surface area contributed by atoms with Gasteiger partial charge in [-0.2, -0.15) is 0 Å². The second-order valence-corrected chi connectivity index (χ2v) is 7.04. The normalized spacial score (nSPS) is 30.6. The number of aromatic nitrogens is 2. The highest BCUT2D eigenvalue weighted by atomic mass is 16.6. The first kappa shape index (κ1) is 14.9. The van der Waals surface area contributed by atoms with Gasteiger partial charge >= 0.3 is 6.01 Å².